The third kappa shape index (κ3) is 21.5. The number of rotatable bonds is 23. The van der Waals surface area contributed by atoms with Crippen molar-refractivity contribution in [3.05, 3.63) is 481 Å². The molecule has 15 heteroatoms. The van der Waals surface area contributed by atoms with Crippen LogP contribution in [0.5, 0.6) is 34.5 Å². The van der Waals surface area contributed by atoms with Crippen molar-refractivity contribution in [1.82, 2.24) is 19.9 Å². The number of ether oxygens (including phenoxy) is 4. The Morgan fingerprint density at radius 2 is 0.692 bits per heavy atom. The molecular weight excluding hydrogens is 1550 g/mol. The van der Waals surface area contributed by atoms with E-state index in [1.165, 1.54) is 5.56 Å². The second-order valence-electron chi connectivity index (χ2n) is 27.6. The summed E-state index contributed by atoms with van der Waals surface area (Å²) in [5, 5.41) is 28.8. The Bertz CT molecular complexity index is 5820. The highest BCUT2D eigenvalue weighted by Crippen LogP contribution is 2.45. The number of nitrogens with one attached hydrogen (secondary N) is 2. The van der Waals surface area contributed by atoms with Gasteiger partial charge in [0.05, 0.1) is 31.9 Å². The minimum Gasteiger partial charge on any atom is -0.504 e. The molecule has 4 aromatic heterocycles. The number of halogens is 1. The SMILES string of the molecule is COc1cccc(CBr)c1.COc1cccc(COc2cc(-c3ccccc3)cnc2NC(c2ccccc2)(c2ccccc2)c2ccccc2)c1.Nc1ncc(-c2ccccc2)cc1O.Nc1ncc(-c2ccccc2)cc1OCc1ccccc1.Oc1cc(-c2ccccc2)cnc1NC(C1=CC=[C+]C=C1)(c1ccccc1)c1ccccc1.[HH]. The molecule has 16 aromatic rings. The Kier molecular flexibility index (Phi) is 28.9. The highest BCUT2D eigenvalue weighted by Gasteiger charge is 2.42. The van der Waals surface area contributed by atoms with E-state index in [9.17, 15) is 10.2 Å². The van der Waals surface area contributed by atoms with Crippen molar-refractivity contribution in [2.75, 3.05) is 36.3 Å². The van der Waals surface area contributed by atoms with Crippen LogP contribution in [0.25, 0.3) is 44.5 Å². The van der Waals surface area contributed by atoms with Gasteiger partial charge < -0.3 is 51.3 Å². The summed E-state index contributed by atoms with van der Waals surface area (Å²) < 4.78 is 22.8. The molecule has 8 N–H and O–H groups in total. The number of aromatic hydroxyl groups is 2. The Morgan fingerprint density at radius 3 is 1.11 bits per heavy atom. The first-order chi connectivity index (χ1) is 59.0. The molecule has 0 amide bonds. The van der Waals surface area contributed by atoms with Crippen LogP contribution in [-0.4, -0.2) is 44.4 Å². The summed E-state index contributed by atoms with van der Waals surface area (Å²) in [6, 6.07) is 125. The van der Waals surface area contributed by atoms with E-state index in [1.807, 2.05) is 273 Å². The summed E-state index contributed by atoms with van der Waals surface area (Å²) in [6.45, 7) is 0.839. The van der Waals surface area contributed by atoms with Crippen LogP contribution >= 0.6 is 15.9 Å². The maximum absolute atomic E-state index is 11.0. The topological polar surface area (TPSA) is 205 Å². The minimum absolute atomic E-state index is 0. The lowest BCUT2D eigenvalue weighted by Gasteiger charge is -2.37. The molecule has 120 heavy (non-hydrogen) atoms. The minimum atomic E-state index is -0.767. The zero-order valence-electron chi connectivity index (χ0n) is 66.4. The van der Waals surface area contributed by atoms with E-state index in [2.05, 4.69) is 169 Å². The number of anilines is 4. The van der Waals surface area contributed by atoms with Crippen LogP contribution in [0, 0.1) is 6.08 Å². The maximum atomic E-state index is 11.0. The third-order valence-electron chi connectivity index (χ3n) is 19.8. The van der Waals surface area contributed by atoms with Crippen LogP contribution in [-0.2, 0) is 29.6 Å². The second-order valence-corrected chi connectivity index (χ2v) is 28.2. The largest absolute Gasteiger partial charge is 0.504 e. The van der Waals surface area contributed by atoms with Crippen LogP contribution in [0.1, 0.15) is 45.9 Å². The average molecular weight is 1640 g/mol. The van der Waals surface area contributed by atoms with Gasteiger partial charge in [-0.2, -0.15) is 0 Å². The van der Waals surface area contributed by atoms with E-state index in [-0.39, 0.29) is 18.7 Å². The Morgan fingerprint density at radius 1 is 0.350 bits per heavy atom. The fraction of sp³-hybridized carbons (Fsp3) is 0.0667. The van der Waals surface area contributed by atoms with Crippen LogP contribution in [0.15, 0.2) is 431 Å². The third-order valence-corrected chi connectivity index (χ3v) is 20.4. The predicted molar refractivity (Wildman–Crippen MR) is 492 cm³/mol. The Hall–Kier alpha value is -15.2. The zero-order chi connectivity index (χ0) is 83.0. The van der Waals surface area contributed by atoms with Crippen molar-refractivity contribution >= 4 is 39.2 Å². The molecule has 1 aliphatic carbocycles. The van der Waals surface area contributed by atoms with Gasteiger partial charge in [-0.15, -0.1) is 0 Å². The molecule has 594 valence electrons. The number of pyridine rings is 4. The summed E-state index contributed by atoms with van der Waals surface area (Å²) in [7, 11) is 3.35. The van der Waals surface area contributed by atoms with Gasteiger partial charge in [0, 0.05) is 59.9 Å². The molecule has 0 fully saturated rings. The van der Waals surface area contributed by atoms with Crippen molar-refractivity contribution in [3.8, 4) is 79.0 Å². The smallest absolute Gasteiger partial charge is 0.170 e. The fourth-order valence-corrected chi connectivity index (χ4v) is 14.0. The number of alkyl halides is 1. The second kappa shape index (κ2) is 41.9. The quantitative estimate of drug-likeness (QED) is 0.0200. The molecule has 0 atom stereocenters. The van der Waals surface area contributed by atoms with Gasteiger partial charge in [-0.05, 0) is 115 Å². The normalized spacial score (nSPS) is 11.1. The first-order valence-electron chi connectivity index (χ1n) is 39.0. The van der Waals surface area contributed by atoms with Crippen LogP contribution in [0.4, 0.5) is 23.3 Å². The molecule has 12 aromatic carbocycles. The molecule has 17 rings (SSSR count). The fourth-order valence-electron chi connectivity index (χ4n) is 13.7. The molecule has 0 saturated heterocycles. The zero-order valence-corrected chi connectivity index (χ0v) is 68.0. The number of aromatic nitrogens is 4. The first kappa shape index (κ1) is 82.8. The molecule has 0 bridgehead atoms. The van der Waals surface area contributed by atoms with E-state index >= 15 is 0 Å². The van der Waals surface area contributed by atoms with E-state index < -0.39 is 11.1 Å². The predicted octanol–water partition coefficient (Wildman–Crippen LogP) is 24.2. The lowest BCUT2D eigenvalue weighted by atomic mass is 9.75. The van der Waals surface area contributed by atoms with Crippen LogP contribution < -0.4 is 41.0 Å². The van der Waals surface area contributed by atoms with Crippen molar-refractivity contribution < 1.29 is 30.6 Å². The van der Waals surface area contributed by atoms with Gasteiger partial charge in [-0.3, -0.25) is 0 Å². The van der Waals surface area contributed by atoms with Crippen LogP contribution in [0.2, 0.25) is 0 Å². The summed E-state index contributed by atoms with van der Waals surface area (Å²) in [5.41, 5.74) is 27.4. The molecule has 0 saturated carbocycles. The molecule has 1 aliphatic rings. The van der Waals surface area contributed by atoms with E-state index in [0.717, 1.165) is 106 Å². The van der Waals surface area contributed by atoms with Crippen LogP contribution in [0.3, 0.4) is 0 Å². The lowest BCUT2D eigenvalue weighted by Crippen LogP contribution is -2.39. The Balaban J connectivity index is 0.000000150. The number of methoxy groups -OCH3 is 2. The van der Waals surface area contributed by atoms with Crippen molar-refractivity contribution in [3.63, 3.8) is 0 Å². The summed E-state index contributed by atoms with van der Waals surface area (Å²) >= 11 is 3.37. The highest BCUT2D eigenvalue weighted by molar-refractivity contribution is 9.08. The first-order valence-corrected chi connectivity index (χ1v) is 40.1. The number of allylic oxidation sites excluding steroid dienone is 4. The highest BCUT2D eigenvalue weighted by atomic mass is 79.9. The van der Waals surface area contributed by atoms with Gasteiger partial charge in [0.2, 0.25) is 0 Å². The van der Waals surface area contributed by atoms with E-state index in [4.69, 9.17) is 35.4 Å². The molecule has 4 heterocycles. The summed E-state index contributed by atoms with van der Waals surface area (Å²) in [6.07, 6.45) is 18.1. The number of benzene rings is 12. The molecule has 0 spiro atoms. The monoisotopic (exact) mass is 1640 g/mol. The Labute approximate surface area is 711 Å². The summed E-state index contributed by atoms with van der Waals surface area (Å²) in [5.74, 6) is 4.71. The van der Waals surface area contributed by atoms with Gasteiger partial charge in [0.15, 0.2) is 46.3 Å². The molecule has 0 unspecified atom stereocenters. The average Bonchev–Trinajstić information content (AvgIpc) is 0.744. The van der Waals surface area contributed by atoms with E-state index in [0.29, 0.717) is 42.2 Å². The number of nitrogen functional groups attached to an aromatic ring is 2. The number of nitrogens with zero attached hydrogens (tertiary/aromatic N) is 4. The lowest BCUT2D eigenvalue weighted by molar-refractivity contribution is 0.305. The van der Waals surface area contributed by atoms with Gasteiger partial charge in [0.25, 0.3) is 0 Å². The maximum Gasteiger partial charge on any atom is 0.170 e. The summed E-state index contributed by atoms with van der Waals surface area (Å²) in [4.78, 5) is 17.8. The van der Waals surface area contributed by atoms with E-state index in [1.54, 1.807) is 44.9 Å². The van der Waals surface area contributed by atoms with Gasteiger partial charge in [-0.25, -0.2) is 19.9 Å². The van der Waals surface area contributed by atoms with Crippen molar-refractivity contribution in [1.29, 1.82) is 0 Å². The van der Waals surface area contributed by atoms with Gasteiger partial charge in [-0.1, -0.05) is 344 Å². The number of nitrogens with two attached hydrogens (primary N) is 2. The number of hydrogen-bond donors (Lipinski definition) is 6. The molecule has 0 aliphatic heterocycles. The van der Waals surface area contributed by atoms with Crippen molar-refractivity contribution in [2.45, 2.75) is 29.6 Å². The van der Waals surface area contributed by atoms with Crippen molar-refractivity contribution in [2.24, 2.45) is 0 Å². The molecular formula is C105H92BrN8O6+. The van der Waals surface area contributed by atoms with Gasteiger partial charge in [0.1, 0.15) is 47.9 Å². The molecule has 14 nitrogen and oxygen atoms in total. The molecule has 0 radical (unpaired) electrons. The number of hydrogen-bond acceptors (Lipinski definition) is 14. The standard InChI is InChI=1S/C38H32N2O2.C30H22N2O.C18H16N2O.C11H10N2O.C8H9BrO.H2/c1-41-35-24-14-15-29(25-35)28-42-36-26-31(30-16-6-2-7-17-30)27-39-37(36)40-38(32-18-8-3-9-19-32,33-20-10-4-11-21-33)34-22-12-5-13-23-34;33-28-21-24(23-13-5-1-6-14-23)22-31-29(28)32-30(25-15-7-2-8-16-25,26-17-9-3-10-18-26)27-19-11-4-12-20-27;19-18-17(21-13-14-7-3-1-4-8-14)11-16(12-20-18)15-9-5-2-6-10-15;12-11-10(14)6-9(7-13-11)8-4-2-1-3-5-8;1-10-8-4-2-3-7(5-8)6-9;/h2-27H,28H2,1H3,(H,39,40);1-3,5-22H,(H-,31,32,33);1-12H,13H2,(H2,19,20);1-7,14H,(H2,12,13);2-5H,6H2,1H3;1H/p+1. The van der Waals surface area contributed by atoms with Gasteiger partial charge >= 0.3 is 0 Å².